The van der Waals surface area contributed by atoms with E-state index in [0.29, 0.717) is 12.1 Å². The SMILES string of the molecule is Cc1nn(C)cc1CNC(=O)c1cc(Cl)c(N)c(Cl)c1. The van der Waals surface area contributed by atoms with Crippen LogP contribution in [0.4, 0.5) is 5.69 Å². The lowest BCUT2D eigenvalue weighted by Gasteiger charge is -2.07. The first-order valence-corrected chi connectivity index (χ1v) is 6.66. The number of hydrogen-bond acceptors (Lipinski definition) is 3. The molecule has 0 aliphatic rings. The van der Waals surface area contributed by atoms with Crippen LogP contribution in [0.2, 0.25) is 10.0 Å². The highest BCUT2D eigenvalue weighted by atomic mass is 35.5. The average Bonchev–Trinajstić information content (AvgIpc) is 2.70. The van der Waals surface area contributed by atoms with Crippen molar-refractivity contribution in [2.45, 2.75) is 13.5 Å². The van der Waals surface area contributed by atoms with Gasteiger partial charge >= 0.3 is 0 Å². The Hall–Kier alpha value is -1.72. The lowest BCUT2D eigenvalue weighted by Crippen LogP contribution is -2.23. The summed E-state index contributed by atoms with van der Waals surface area (Å²) in [4.78, 5) is 12.1. The first kappa shape index (κ1) is 14.7. The number of nitrogen functional groups attached to an aromatic ring is 1. The number of hydrogen-bond donors (Lipinski definition) is 2. The summed E-state index contributed by atoms with van der Waals surface area (Å²) in [5.74, 6) is -0.267. The van der Waals surface area contributed by atoms with Gasteiger partial charge in [-0.05, 0) is 19.1 Å². The van der Waals surface area contributed by atoms with E-state index in [4.69, 9.17) is 28.9 Å². The fraction of sp³-hybridized carbons (Fsp3) is 0.231. The van der Waals surface area contributed by atoms with Crippen LogP contribution in [0.1, 0.15) is 21.6 Å². The summed E-state index contributed by atoms with van der Waals surface area (Å²) < 4.78 is 1.70. The summed E-state index contributed by atoms with van der Waals surface area (Å²) in [6, 6.07) is 2.99. The van der Waals surface area contributed by atoms with Crippen LogP contribution < -0.4 is 11.1 Å². The second-order valence-electron chi connectivity index (χ2n) is 4.45. The van der Waals surface area contributed by atoms with Gasteiger partial charge in [-0.25, -0.2) is 0 Å². The van der Waals surface area contributed by atoms with Gasteiger partial charge in [0.15, 0.2) is 0 Å². The van der Waals surface area contributed by atoms with Crippen molar-refractivity contribution in [2.24, 2.45) is 7.05 Å². The number of aryl methyl sites for hydroxylation is 2. The molecule has 106 valence electrons. The minimum Gasteiger partial charge on any atom is -0.396 e. The van der Waals surface area contributed by atoms with Gasteiger partial charge in [0.2, 0.25) is 0 Å². The van der Waals surface area contributed by atoms with E-state index in [1.165, 1.54) is 12.1 Å². The lowest BCUT2D eigenvalue weighted by molar-refractivity contribution is 0.0951. The quantitative estimate of drug-likeness (QED) is 0.855. The monoisotopic (exact) mass is 312 g/mol. The number of benzene rings is 1. The van der Waals surface area contributed by atoms with E-state index in [9.17, 15) is 4.79 Å². The summed E-state index contributed by atoms with van der Waals surface area (Å²) in [6.45, 7) is 2.27. The number of rotatable bonds is 3. The zero-order valence-corrected chi connectivity index (χ0v) is 12.6. The molecule has 1 aromatic heterocycles. The van der Waals surface area contributed by atoms with Crippen LogP contribution in [0.25, 0.3) is 0 Å². The molecule has 0 saturated carbocycles. The van der Waals surface area contributed by atoms with Crippen LogP contribution in [-0.4, -0.2) is 15.7 Å². The number of nitrogens with two attached hydrogens (primary N) is 1. The highest BCUT2D eigenvalue weighted by Crippen LogP contribution is 2.28. The summed E-state index contributed by atoms with van der Waals surface area (Å²) in [5, 5.41) is 7.53. The third-order valence-corrected chi connectivity index (χ3v) is 3.52. The van der Waals surface area contributed by atoms with Crippen molar-refractivity contribution >= 4 is 34.8 Å². The molecule has 0 saturated heterocycles. The van der Waals surface area contributed by atoms with Gasteiger partial charge in [-0.2, -0.15) is 5.10 Å². The Morgan fingerprint density at radius 1 is 1.40 bits per heavy atom. The maximum Gasteiger partial charge on any atom is 0.251 e. The molecule has 7 heteroatoms. The summed E-state index contributed by atoms with van der Waals surface area (Å²) in [7, 11) is 1.83. The van der Waals surface area contributed by atoms with Gasteiger partial charge in [0.25, 0.3) is 5.91 Å². The molecule has 1 amide bonds. The average molecular weight is 313 g/mol. The van der Waals surface area contributed by atoms with Crippen molar-refractivity contribution in [1.29, 1.82) is 0 Å². The van der Waals surface area contributed by atoms with Crippen LogP contribution in [0.15, 0.2) is 18.3 Å². The smallest absolute Gasteiger partial charge is 0.251 e. The molecule has 0 unspecified atom stereocenters. The van der Waals surface area contributed by atoms with Gasteiger partial charge < -0.3 is 11.1 Å². The van der Waals surface area contributed by atoms with Crippen LogP contribution in [0, 0.1) is 6.92 Å². The minimum atomic E-state index is -0.267. The highest BCUT2D eigenvalue weighted by Gasteiger charge is 2.12. The van der Waals surface area contributed by atoms with Gasteiger partial charge in [-0.3, -0.25) is 9.48 Å². The Kier molecular flexibility index (Phi) is 4.20. The van der Waals surface area contributed by atoms with Crippen LogP contribution in [0.3, 0.4) is 0 Å². The van der Waals surface area contributed by atoms with E-state index in [-0.39, 0.29) is 21.6 Å². The standard InChI is InChI=1S/C13H14Cl2N4O/c1-7-9(6-19(2)18-7)5-17-13(20)8-3-10(14)12(16)11(15)4-8/h3-4,6H,5,16H2,1-2H3,(H,17,20). The number of anilines is 1. The maximum atomic E-state index is 12.1. The second kappa shape index (κ2) is 5.73. The van der Waals surface area contributed by atoms with Crippen LogP contribution >= 0.6 is 23.2 Å². The van der Waals surface area contributed by atoms with Crippen molar-refractivity contribution in [3.8, 4) is 0 Å². The molecule has 0 aliphatic carbocycles. The molecule has 0 aliphatic heterocycles. The molecular formula is C13H14Cl2N4O. The zero-order valence-electron chi connectivity index (χ0n) is 11.1. The van der Waals surface area contributed by atoms with Crippen molar-refractivity contribution in [3.63, 3.8) is 0 Å². The number of halogens is 2. The second-order valence-corrected chi connectivity index (χ2v) is 5.26. The molecule has 0 radical (unpaired) electrons. The molecule has 2 rings (SSSR count). The minimum absolute atomic E-state index is 0.264. The first-order valence-electron chi connectivity index (χ1n) is 5.90. The van der Waals surface area contributed by atoms with Gasteiger partial charge in [-0.15, -0.1) is 0 Å². The Labute approximate surface area is 126 Å². The summed E-state index contributed by atoms with van der Waals surface area (Å²) in [6.07, 6.45) is 1.86. The highest BCUT2D eigenvalue weighted by molar-refractivity contribution is 6.39. The van der Waals surface area contributed by atoms with Crippen molar-refractivity contribution in [3.05, 3.63) is 45.2 Å². The van der Waals surface area contributed by atoms with Gasteiger partial charge in [-0.1, -0.05) is 23.2 Å². The van der Waals surface area contributed by atoms with Crippen LogP contribution in [-0.2, 0) is 13.6 Å². The Bertz CT molecular complexity index is 643. The van der Waals surface area contributed by atoms with Crippen molar-refractivity contribution < 1.29 is 4.79 Å². The van der Waals surface area contributed by atoms with E-state index in [1.807, 2.05) is 20.2 Å². The predicted molar refractivity (Wildman–Crippen MR) is 80.0 cm³/mol. The fourth-order valence-electron chi connectivity index (χ4n) is 1.82. The summed E-state index contributed by atoms with van der Waals surface area (Å²) >= 11 is 11.8. The Morgan fingerprint density at radius 2 is 2.00 bits per heavy atom. The van der Waals surface area contributed by atoms with E-state index >= 15 is 0 Å². The van der Waals surface area contributed by atoms with Crippen molar-refractivity contribution in [1.82, 2.24) is 15.1 Å². The van der Waals surface area contributed by atoms with Crippen LogP contribution in [0.5, 0.6) is 0 Å². The molecule has 20 heavy (non-hydrogen) atoms. The molecular weight excluding hydrogens is 299 g/mol. The third-order valence-electron chi connectivity index (χ3n) is 2.90. The number of aromatic nitrogens is 2. The fourth-order valence-corrected chi connectivity index (χ4v) is 2.30. The molecule has 0 fully saturated rings. The molecule has 2 aromatic rings. The van der Waals surface area contributed by atoms with E-state index in [0.717, 1.165) is 11.3 Å². The topological polar surface area (TPSA) is 72.9 Å². The molecule has 5 nitrogen and oxygen atoms in total. The maximum absolute atomic E-state index is 12.1. The molecule has 0 atom stereocenters. The molecule has 1 aromatic carbocycles. The number of carbonyl (C=O) groups excluding carboxylic acids is 1. The van der Waals surface area contributed by atoms with Gasteiger partial charge in [0, 0.05) is 30.9 Å². The third kappa shape index (κ3) is 3.05. The lowest BCUT2D eigenvalue weighted by atomic mass is 10.2. The molecule has 3 N–H and O–H groups in total. The van der Waals surface area contributed by atoms with Gasteiger partial charge in [0.05, 0.1) is 21.4 Å². The first-order chi connectivity index (χ1) is 9.38. The Morgan fingerprint density at radius 3 is 2.50 bits per heavy atom. The number of nitrogens with one attached hydrogen (secondary N) is 1. The molecule has 0 spiro atoms. The van der Waals surface area contributed by atoms with E-state index in [1.54, 1.807) is 4.68 Å². The number of nitrogens with zero attached hydrogens (tertiary/aromatic N) is 2. The van der Waals surface area contributed by atoms with E-state index < -0.39 is 0 Å². The zero-order chi connectivity index (χ0) is 14.9. The van der Waals surface area contributed by atoms with Gasteiger partial charge in [0.1, 0.15) is 0 Å². The number of amides is 1. The van der Waals surface area contributed by atoms with Crippen molar-refractivity contribution in [2.75, 3.05) is 5.73 Å². The number of carbonyl (C=O) groups is 1. The summed E-state index contributed by atoms with van der Waals surface area (Å²) in [5.41, 5.74) is 8.10. The molecule has 0 bridgehead atoms. The predicted octanol–water partition coefficient (Wildman–Crippen LogP) is 2.55. The normalized spacial score (nSPS) is 10.6. The largest absolute Gasteiger partial charge is 0.396 e. The van der Waals surface area contributed by atoms with E-state index in [2.05, 4.69) is 10.4 Å². The molecule has 1 heterocycles. The Balaban J connectivity index is 2.11.